The van der Waals surface area contributed by atoms with Crippen molar-refractivity contribution in [3.05, 3.63) is 0 Å². The molecule has 0 heterocycles. The van der Waals surface area contributed by atoms with Crippen molar-refractivity contribution in [3.8, 4) is 0 Å². The molecule has 0 aromatic carbocycles. The monoisotopic (exact) mass is 264 g/mol. The zero-order chi connectivity index (χ0) is 12.4. The summed E-state index contributed by atoms with van der Waals surface area (Å²) in [5.74, 6) is 0. The molecule has 98 valence electrons. The van der Waals surface area contributed by atoms with Crippen molar-refractivity contribution in [1.29, 1.82) is 0 Å². The summed E-state index contributed by atoms with van der Waals surface area (Å²) in [5, 5.41) is 8.74. The average Bonchev–Trinajstić information content (AvgIpc) is 2.24. The quantitative estimate of drug-likeness (QED) is 0.366. The van der Waals surface area contributed by atoms with Crippen LogP contribution in [0.15, 0.2) is 0 Å². The van der Waals surface area contributed by atoms with Crippen LogP contribution < -0.4 is 0 Å². The second-order valence-electron chi connectivity index (χ2n) is 4.77. The van der Waals surface area contributed by atoms with Crippen molar-refractivity contribution >= 4 is 19.5 Å². The Morgan fingerprint density at radius 3 is 2.06 bits per heavy atom. The van der Waals surface area contributed by atoms with Gasteiger partial charge in [0.2, 0.25) is 0 Å². The zero-order valence-corrected chi connectivity index (χ0v) is 14.1. The topological polar surface area (TPSA) is 38.7 Å². The Balaban J connectivity index is 4.01. The van der Waals surface area contributed by atoms with Crippen molar-refractivity contribution in [2.24, 2.45) is 5.41 Å². The van der Waals surface area contributed by atoms with Crippen LogP contribution in [0.3, 0.4) is 0 Å². The average molecular weight is 265 g/mol. The Morgan fingerprint density at radius 1 is 1.06 bits per heavy atom. The van der Waals surface area contributed by atoms with E-state index in [-0.39, 0.29) is 11.7 Å². The molecule has 0 bridgehead atoms. The molecule has 0 aliphatic carbocycles. The number of aliphatic hydroxyl groups is 1. The molecule has 0 spiro atoms. The van der Waals surface area contributed by atoms with E-state index in [1.54, 1.807) is 0 Å². The molecule has 0 atom stereocenters. The predicted octanol–water partition coefficient (Wildman–Crippen LogP) is 1.19. The van der Waals surface area contributed by atoms with Crippen molar-refractivity contribution in [2.75, 3.05) is 6.61 Å². The van der Waals surface area contributed by atoms with Crippen molar-refractivity contribution in [3.63, 3.8) is 0 Å². The molecule has 0 fully saturated rings. The highest BCUT2D eigenvalue weighted by atomic mass is 28.2. The van der Waals surface area contributed by atoms with Crippen LogP contribution in [0.4, 0.5) is 0 Å². The summed E-state index contributed by atoms with van der Waals surface area (Å²) in [5.41, 5.74) is 0.113. The van der Waals surface area contributed by atoms with Gasteiger partial charge < -0.3 is 14.0 Å². The standard InChI is InChI=1S/C11H28O3Si2/c1-11(2,8-6-5-7-9-12)10(13-15-3)14-16-4/h10,12H,5-9,15-16H2,1-4H3. The number of hydrogen-bond donors (Lipinski definition) is 1. The van der Waals surface area contributed by atoms with Gasteiger partial charge in [-0.1, -0.05) is 39.8 Å². The lowest BCUT2D eigenvalue weighted by molar-refractivity contribution is -0.0828. The maximum Gasteiger partial charge on any atom is 0.161 e. The molecule has 1 N–H and O–H groups in total. The Kier molecular flexibility index (Phi) is 9.54. The van der Waals surface area contributed by atoms with Gasteiger partial charge in [-0.25, -0.2) is 0 Å². The molecule has 0 aromatic rings. The summed E-state index contributed by atoms with van der Waals surface area (Å²) in [6.07, 6.45) is 4.27. The van der Waals surface area contributed by atoms with Crippen LogP contribution in [0.25, 0.3) is 0 Å². The zero-order valence-electron chi connectivity index (χ0n) is 11.3. The maximum absolute atomic E-state index is 8.74. The van der Waals surface area contributed by atoms with Gasteiger partial charge in [0.1, 0.15) is 6.29 Å². The highest BCUT2D eigenvalue weighted by Gasteiger charge is 2.29. The van der Waals surface area contributed by atoms with E-state index in [1.165, 1.54) is 0 Å². The molecule has 16 heavy (non-hydrogen) atoms. The van der Waals surface area contributed by atoms with Crippen molar-refractivity contribution in [1.82, 2.24) is 0 Å². The Hall–Kier alpha value is 0.314. The maximum atomic E-state index is 8.74. The summed E-state index contributed by atoms with van der Waals surface area (Å²) in [6, 6.07) is 0. The normalized spacial score (nSPS) is 15.6. The lowest BCUT2D eigenvalue weighted by Gasteiger charge is -2.34. The number of hydrogen-bond acceptors (Lipinski definition) is 3. The summed E-state index contributed by atoms with van der Waals surface area (Å²) in [6.45, 7) is 9.06. The van der Waals surface area contributed by atoms with Gasteiger partial charge in [0.15, 0.2) is 19.5 Å². The minimum atomic E-state index is -0.409. The van der Waals surface area contributed by atoms with Crippen molar-refractivity contribution in [2.45, 2.75) is 58.9 Å². The van der Waals surface area contributed by atoms with Gasteiger partial charge in [-0.15, -0.1) is 0 Å². The lowest BCUT2D eigenvalue weighted by atomic mass is 9.86. The van der Waals surface area contributed by atoms with Crippen LogP contribution in [0, 0.1) is 5.41 Å². The van der Waals surface area contributed by atoms with Gasteiger partial charge in [0.05, 0.1) is 0 Å². The van der Waals surface area contributed by atoms with Crippen LogP contribution >= 0.6 is 0 Å². The summed E-state index contributed by atoms with van der Waals surface area (Å²) in [4.78, 5) is 0. The van der Waals surface area contributed by atoms with Crippen LogP contribution in [0.1, 0.15) is 39.5 Å². The number of aliphatic hydroxyl groups excluding tert-OH is 1. The smallest absolute Gasteiger partial charge is 0.161 e. The molecular weight excluding hydrogens is 236 g/mol. The van der Waals surface area contributed by atoms with E-state index in [0.717, 1.165) is 25.7 Å². The summed E-state index contributed by atoms with van der Waals surface area (Å²) in [7, 11) is -0.818. The van der Waals surface area contributed by atoms with E-state index >= 15 is 0 Å². The Bertz CT molecular complexity index is 159. The van der Waals surface area contributed by atoms with Gasteiger partial charge in [-0.05, 0) is 12.8 Å². The molecule has 0 saturated carbocycles. The highest BCUT2D eigenvalue weighted by Crippen LogP contribution is 2.30. The Labute approximate surface area is 105 Å². The molecule has 0 aromatic heterocycles. The first kappa shape index (κ1) is 16.3. The fourth-order valence-electron chi connectivity index (χ4n) is 1.79. The lowest BCUT2D eigenvalue weighted by Crippen LogP contribution is -2.36. The second-order valence-corrected chi connectivity index (χ2v) is 6.59. The molecule has 5 heteroatoms. The Morgan fingerprint density at radius 2 is 1.62 bits per heavy atom. The van der Waals surface area contributed by atoms with E-state index in [2.05, 4.69) is 26.9 Å². The van der Waals surface area contributed by atoms with E-state index in [4.69, 9.17) is 14.0 Å². The molecule has 0 saturated heterocycles. The summed E-state index contributed by atoms with van der Waals surface area (Å²) >= 11 is 0. The molecule has 0 amide bonds. The van der Waals surface area contributed by atoms with Gasteiger partial charge in [0.25, 0.3) is 0 Å². The third-order valence-corrected chi connectivity index (χ3v) is 4.03. The first-order valence-corrected chi connectivity index (χ1v) is 10.4. The van der Waals surface area contributed by atoms with E-state index in [9.17, 15) is 0 Å². The predicted molar refractivity (Wildman–Crippen MR) is 74.1 cm³/mol. The van der Waals surface area contributed by atoms with E-state index in [1.807, 2.05) is 0 Å². The molecular formula is C11H28O3Si2. The second kappa shape index (κ2) is 9.35. The number of unbranched alkanes of at least 4 members (excludes halogenated alkanes) is 2. The molecule has 3 nitrogen and oxygen atoms in total. The van der Waals surface area contributed by atoms with Gasteiger partial charge in [0, 0.05) is 12.0 Å². The van der Waals surface area contributed by atoms with Gasteiger partial charge in [-0.2, -0.15) is 0 Å². The van der Waals surface area contributed by atoms with Gasteiger partial charge >= 0.3 is 0 Å². The first-order valence-electron chi connectivity index (χ1n) is 6.42. The van der Waals surface area contributed by atoms with E-state index in [0.29, 0.717) is 6.61 Å². The first-order chi connectivity index (χ1) is 7.58. The summed E-state index contributed by atoms with van der Waals surface area (Å²) < 4.78 is 11.6. The van der Waals surface area contributed by atoms with Crippen molar-refractivity contribution < 1.29 is 14.0 Å². The third kappa shape index (κ3) is 6.80. The molecule has 0 radical (unpaired) electrons. The molecule has 0 aliphatic rings. The third-order valence-electron chi connectivity index (χ3n) is 2.75. The molecule has 0 unspecified atom stereocenters. The highest BCUT2D eigenvalue weighted by molar-refractivity contribution is 6.26. The molecule has 0 rings (SSSR count). The largest absolute Gasteiger partial charge is 0.400 e. The van der Waals surface area contributed by atoms with Gasteiger partial charge in [-0.3, -0.25) is 0 Å². The van der Waals surface area contributed by atoms with Crippen LogP contribution in [-0.2, 0) is 8.85 Å². The molecule has 0 aliphatic heterocycles. The van der Waals surface area contributed by atoms with Crippen LogP contribution in [-0.4, -0.2) is 37.5 Å². The number of rotatable bonds is 10. The fraction of sp³-hybridized carbons (Fsp3) is 1.00. The van der Waals surface area contributed by atoms with Crippen LogP contribution in [0.2, 0.25) is 13.1 Å². The fourth-order valence-corrected chi connectivity index (χ4v) is 3.68. The minimum Gasteiger partial charge on any atom is -0.400 e. The minimum absolute atomic E-state index is 0.00922. The van der Waals surface area contributed by atoms with Crippen LogP contribution in [0.5, 0.6) is 0 Å². The van der Waals surface area contributed by atoms with E-state index < -0.39 is 19.5 Å². The SMILES string of the molecule is C[SiH2]OC(O[SiH2]C)C(C)(C)CCCCCO.